The Bertz CT molecular complexity index is 220. The van der Waals surface area contributed by atoms with Crippen LogP contribution in [0.2, 0.25) is 0 Å². The number of aryl methyl sites for hydroxylation is 1. The first kappa shape index (κ1) is 8.17. The normalized spacial score (nSPS) is 13.0. The van der Waals surface area contributed by atoms with E-state index in [1.54, 1.807) is 6.20 Å². The Morgan fingerprint density at radius 3 is 2.82 bits per heavy atom. The molecule has 1 rings (SSSR count). The Labute approximate surface area is 65.9 Å². The molecule has 0 aliphatic heterocycles. The van der Waals surface area contributed by atoms with Crippen LogP contribution in [0.1, 0.15) is 17.4 Å². The summed E-state index contributed by atoms with van der Waals surface area (Å²) >= 11 is 0. The fourth-order valence-corrected chi connectivity index (χ4v) is 0.812. The van der Waals surface area contributed by atoms with Crippen LogP contribution >= 0.6 is 0 Å². The second kappa shape index (κ2) is 3.46. The molecular weight excluding hydrogens is 140 g/mol. The molecule has 1 unspecified atom stereocenters. The molecule has 1 atom stereocenters. The molecule has 3 N–H and O–H groups in total. The molecule has 0 saturated heterocycles. The molecule has 1 aromatic rings. The highest BCUT2D eigenvalue weighted by Crippen LogP contribution is 2.09. The van der Waals surface area contributed by atoms with Crippen molar-refractivity contribution in [1.29, 1.82) is 0 Å². The van der Waals surface area contributed by atoms with Gasteiger partial charge in [-0.15, -0.1) is 0 Å². The number of aromatic nitrogens is 1. The Morgan fingerprint density at radius 2 is 2.36 bits per heavy atom. The Kier molecular flexibility index (Phi) is 2.57. The molecule has 3 heteroatoms. The van der Waals surface area contributed by atoms with Gasteiger partial charge in [-0.1, -0.05) is 6.07 Å². The van der Waals surface area contributed by atoms with Crippen LogP contribution < -0.4 is 5.73 Å². The topological polar surface area (TPSA) is 59.1 Å². The SMILES string of the molecule is Cc1ccc(C(O)CN)cn1. The molecule has 1 aromatic heterocycles. The minimum absolute atomic E-state index is 0.241. The first-order chi connectivity index (χ1) is 5.24. The highest BCUT2D eigenvalue weighted by atomic mass is 16.3. The summed E-state index contributed by atoms with van der Waals surface area (Å²) in [5.41, 5.74) is 6.98. The third kappa shape index (κ3) is 2.00. The van der Waals surface area contributed by atoms with Crippen molar-refractivity contribution in [3.05, 3.63) is 29.6 Å². The summed E-state index contributed by atoms with van der Waals surface area (Å²) in [5.74, 6) is 0. The largest absolute Gasteiger partial charge is 0.387 e. The molecule has 1 heterocycles. The van der Waals surface area contributed by atoms with E-state index in [1.165, 1.54) is 0 Å². The van der Waals surface area contributed by atoms with E-state index in [0.29, 0.717) is 0 Å². The lowest BCUT2D eigenvalue weighted by Gasteiger charge is -2.06. The number of nitrogens with two attached hydrogens (primary N) is 1. The highest BCUT2D eigenvalue weighted by molar-refractivity contribution is 5.15. The third-order valence-corrected chi connectivity index (χ3v) is 1.54. The van der Waals surface area contributed by atoms with Crippen LogP contribution in [0, 0.1) is 6.92 Å². The zero-order valence-electron chi connectivity index (χ0n) is 6.49. The number of hydrogen-bond donors (Lipinski definition) is 2. The number of pyridine rings is 1. The standard InChI is InChI=1S/C8H12N2O/c1-6-2-3-7(5-10-6)8(11)4-9/h2-3,5,8,11H,4,9H2,1H3. The lowest BCUT2D eigenvalue weighted by Crippen LogP contribution is -2.11. The van der Waals surface area contributed by atoms with E-state index < -0.39 is 6.10 Å². The zero-order valence-corrected chi connectivity index (χ0v) is 6.49. The van der Waals surface area contributed by atoms with Crippen LogP contribution in [0.4, 0.5) is 0 Å². The fraction of sp³-hybridized carbons (Fsp3) is 0.375. The third-order valence-electron chi connectivity index (χ3n) is 1.54. The summed E-state index contributed by atoms with van der Waals surface area (Å²) in [6.45, 7) is 2.14. The summed E-state index contributed by atoms with van der Waals surface area (Å²) in [7, 11) is 0. The maximum Gasteiger partial charge on any atom is 0.0927 e. The average Bonchev–Trinajstić information content (AvgIpc) is 2.05. The molecular formula is C8H12N2O. The summed E-state index contributed by atoms with van der Waals surface area (Å²) in [6.07, 6.45) is 1.07. The van der Waals surface area contributed by atoms with Gasteiger partial charge >= 0.3 is 0 Å². The molecule has 60 valence electrons. The van der Waals surface area contributed by atoms with E-state index in [-0.39, 0.29) is 6.54 Å². The molecule has 3 nitrogen and oxygen atoms in total. The van der Waals surface area contributed by atoms with Crippen molar-refractivity contribution in [2.75, 3.05) is 6.54 Å². The van der Waals surface area contributed by atoms with Gasteiger partial charge in [0.05, 0.1) is 6.10 Å². The van der Waals surface area contributed by atoms with Crippen molar-refractivity contribution in [3.63, 3.8) is 0 Å². The molecule has 0 fully saturated rings. The van der Waals surface area contributed by atoms with Crippen molar-refractivity contribution in [1.82, 2.24) is 4.98 Å². The Balaban J connectivity index is 2.81. The number of nitrogens with zero attached hydrogens (tertiary/aromatic N) is 1. The van der Waals surface area contributed by atoms with Crippen LogP contribution in [0.3, 0.4) is 0 Å². The van der Waals surface area contributed by atoms with E-state index in [2.05, 4.69) is 4.98 Å². The predicted molar refractivity (Wildman–Crippen MR) is 43.0 cm³/mol. The highest BCUT2D eigenvalue weighted by Gasteiger charge is 2.03. The number of aliphatic hydroxyl groups is 1. The van der Waals surface area contributed by atoms with Crippen molar-refractivity contribution in [2.45, 2.75) is 13.0 Å². The molecule has 0 bridgehead atoms. The van der Waals surface area contributed by atoms with Crippen LogP contribution in [-0.2, 0) is 0 Å². The van der Waals surface area contributed by atoms with E-state index in [9.17, 15) is 5.11 Å². The van der Waals surface area contributed by atoms with Crippen LogP contribution in [0.15, 0.2) is 18.3 Å². The van der Waals surface area contributed by atoms with Crippen LogP contribution in [-0.4, -0.2) is 16.6 Å². The predicted octanol–water partition coefficient (Wildman–Crippen LogP) is 0.382. The Morgan fingerprint density at radius 1 is 1.64 bits per heavy atom. The maximum atomic E-state index is 9.26. The summed E-state index contributed by atoms with van der Waals surface area (Å²) in [6, 6.07) is 3.69. The summed E-state index contributed by atoms with van der Waals surface area (Å²) < 4.78 is 0. The van der Waals surface area contributed by atoms with E-state index in [4.69, 9.17) is 5.73 Å². The molecule has 0 amide bonds. The summed E-state index contributed by atoms with van der Waals surface area (Å²) in [5, 5.41) is 9.26. The minimum atomic E-state index is -0.580. The molecule has 0 radical (unpaired) electrons. The first-order valence-corrected chi connectivity index (χ1v) is 3.54. The van der Waals surface area contributed by atoms with Gasteiger partial charge in [-0.2, -0.15) is 0 Å². The molecule has 0 spiro atoms. The van der Waals surface area contributed by atoms with E-state index in [1.807, 2.05) is 19.1 Å². The lowest BCUT2D eigenvalue weighted by molar-refractivity contribution is 0.186. The smallest absolute Gasteiger partial charge is 0.0927 e. The average molecular weight is 152 g/mol. The quantitative estimate of drug-likeness (QED) is 0.644. The molecule has 11 heavy (non-hydrogen) atoms. The minimum Gasteiger partial charge on any atom is -0.387 e. The van der Waals surface area contributed by atoms with Gasteiger partial charge in [0.15, 0.2) is 0 Å². The van der Waals surface area contributed by atoms with Crippen LogP contribution in [0.5, 0.6) is 0 Å². The first-order valence-electron chi connectivity index (χ1n) is 3.54. The molecule has 0 aliphatic carbocycles. The molecule has 0 aliphatic rings. The summed E-state index contributed by atoms with van der Waals surface area (Å²) in [4.78, 5) is 4.03. The van der Waals surface area contributed by atoms with Gasteiger partial charge in [-0.3, -0.25) is 4.98 Å². The fourth-order valence-electron chi connectivity index (χ4n) is 0.812. The van der Waals surface area contributed by atoms with Crippen molar-refractivity contribution in [2.24, 2.45) is 5.73 Å². The van der Waals surface area contributed by atoms with Gasteiger partial charge < -0.3 is 10.8 Å². The van der Waals surface area contributed by atoms with Gasteiger partial charge in [-0.25, -0.2) is 0 Å². The number of aliphatic hydroxyl groups excluding tert-OH is 1. The van der Waals surface area contributed by atoms with Crippen molar-refractivity contribution in [3.8, 4) is 0 Å². The van der Waals surface area contributed by atoms with E-state index in [0.717, 1.165) is 11.3 Å². The second-order valence-electron chi connectivity index (χ2n) is 2.48. The van der Waals surface area contributed by atoms with Crippen molar-refractivity contribution >= 4 is 0 Å². The van der Waals surface area contributed by atoms with Crippen LogP contribution in [0.25, 0.3) is 0 Å². The maximum absolute atomic E-state index is 9.26. The van der Waals surface area contributed by atoms with Gasteiger partial charge in [0.25, 0.3) is 0 Å². The second-order valence-corrected chi connectivity index (χ2v) is 2.48. The number of rotatable bonds is 2. The van der Waals surface area contributed by atoms with Gasteiger partial charge in [-0.05, 0) is 13.0 Å². The van der Waals surface area contributed by atoms with Gasteiger partial charge in [0.2, 0.25) is 0 Å². The molecule has 0 saturated carbocycles. The van der Waals surface area contributed by atoms with E-state index >= 15 is 0 Å². The van der Waals surface area contributed by atoms with Gasteiger partial charge in [0, 0.05) is 24.0 Å². The molecule has 0 aromatic carbocycles. The van der Waals surface area contributed by atoms with Crippen molar-refractivity contribution < 1.29 is 5.11 Å². The number of hydrogen-bond acceptors (Lipinski definition) is 3. The monoisotopic (exact) mass is 152 g/mol. The lowest BCUT2D eigenvalue weighted by atomic mass is 10.1. The zero-order chi connectivity index (χ0) is 8.27. The van der Waals surface area contributed by atoms with Gasteiger partial charge in [0.1, 0.15) is 0 Å². The Hall–Kier alpha value is -0.930.